The molecule has 0 bridgehead atoms. The van der Waals surface area contributed by atoms with Gasteiger partial charge in [0.1, 0.15) is 0 Å². The number of alkyl halides is 3. The smallest absolute Gasteiger partial charge is 0.396 e. The fraction of sp³-hybridized carbons (Fsp3) is 0.235. The van der Waals surface area contributed by atoms with Gasteiger partial charge in [-0.3, -0.25) is 9.52 Å². The quantitative estimate of drug-likeness (QED) is 0.621. The number of hydrogen-bond donors (Lipinski definition) is 3. The van der Waals surface area contributed by atoms with Gasteiger partial charge in [0.2, 0.25) is 0 Å². The average molecular weight is 402 g/mol. The minimum atomic E-state index is -4.68. The molecule has 0 unspecified atom stereocenters. The summed E-state index contributed by atoms with van der Waals surface area (Å²) in [5, 5.41) is 11.3. The van der Waals surface area contributed by atoms with E-state index in [0.717, 1.165) is 18.2 Å². The lowest BCUT2D eigenvalue weighted by molar-refractivity contribution is -0.137. The van der Waals surface area contributed by atoms with Crippen molar-refractivity contribution in [1.29, 1.82) is 0 Å². The predicted molar refractivity (Wildman–Crippen MR) is 92.7 cm³/mol. The molecule has 2 aromatic carbocycles. The standard InChI is InChI=1S/C17H17F3N2O4S/c18-17(19,20)12-5-3-6-13(11-12)27(25,26)22-15-8-2-1-7-14(15)16(24)21-9-4-10-23/h1-3,5-8,11,22-23H,4,9-10H2,(H,21,24). The van der Waals surface area contributed by atoms with E-state index in [9.17, 15) is 26.4 Å². The molecule has 10 heteroatoms. The molecule has 0 heterocycles. The summed E-state index contributed by atoms with van der Waals surface area (Å²) in [6.45, 7) is 0.0636. The van der Waals surface area contributed by atoms with Crippen LogP contribution in [0.15, 0.2) is 53.4 Å². The Bertz CT molecular complexity index is 914. The van der Waals surface area contributed by atoms with E-state index in [0.29, 0.717) is 12.5 Å². The number of rotatable bonds is 7. The van der Waals surface area contributed by atoms with Crippen molar-refractivity contribution in [3.63, 3.8) is 0 Å². The monoisotopic (exact) mass is 402 g/mol. The molecule has 0 aliphatic heterocycles. The van der Waals surface area contributed by atoms with Crippen LogP contribution in [-0.4, -0.2) is 32.6 Å². The van der Waals surface area contributed by atoms with Crippen LogP contribution in [0.3, 0.4) is 0 Å². The first-order chi connectivity index (χ1) is 12.6. The van der Waals surface area contributed by atoms with Gasteiger partial charge in [-0.15, -0.1) is 0 Å². The van der Waals surface area contributed by atoms with Crippen molar-refractivity contribution >= 4 is 21.6 Å². The fourth-order valence-electron chi connectivity index (χ4n) is 2.19. The van der Waals surface area contributed by atoms with Crippen LogP contribution in [0.2, 0.25) is 0 Å². The van der Waals surface area contributed by atoms with Crippen molar-refractivity contribution in [1.82, 2.24) is 5.32 Å². The lowest BCUT2D eigenvalue weighted by Crippen LogP contribution is -2.26. The number of amides is 1. The number of aliphatic hydroxyl groups excluding tert-OH is 1. The van der Waals surface area contributed by atoms with Crippen molar-refractivity contribution in [2.75, 3.05) is 17.9 Å². The third-order valence-corrected chi connectivity index (χ3v) is 4.87. The second-order valence-electron chi connectivity index (χ2n) is 5.51. The van der Waals surface area contributed by atoms with Crippen molar-refractivity contribution in [2.45, 2.75) is 17.5 Å². The van der Waals surface area contributed by atoms with Gasteiger partial charge in [0, 0.05) is 13.2 Å². The number of anilines is 1. The van der Waals surface area contributed by atoms with E-state index in [4.69, 9.17) is 5.11 Å². The SMILES string of the molecule is O=C(NCCCO)c1ccccc1NS(=O)(=O)c1cccc(C(F)(F)F)c1. The van der Waals surface area contributed by atoms with Gasteiger partial charge in [0.15, 0.2) is 0 Å². The molecule has 1 amide bonds. The Morgan fingerprint density at radius 2 is 1.78 bits per heavy atom. The first kappa shape index (κ1) is 20.7. The Balaban J connectivity index is 2.30. The zero-order valence-electron chi connectivity index (χ0n) is 14.0. The summed E-state index contributed by atoms with van der Waals surface area (Å²) in [5.74, 6) is -0.578. The highest BCUT2D eigenvalue weighted by Crippen LogP contribution is 2.31. The third-order valence-electron chi connectivity index (χ3n) is 3.51. The molecule has 0 aliphatic carbocycles. The topological polar surface area (TPSA) is 95.5 Å². The molecule has 0 aliphatic rings. The normalized spacial score (nSPS) is 11.9. The van der Waals surface area contributed by atoms with Crippen molar-refractivity contribution in [2.24, 2.45) is 0 Å². The number of nitrogens with one attached hydrogen (secondary N) is 2. The van der Waals surface area contributed by atoms with Gasteiger partial charge in [0.25, 0.3) is 15.9 Å². The maximum absolute atomic E-state index is 12.8. The number of aliphatic hydroxyl groups is 1. The Morgan fingerprint density at radius 1 is 1.07 bits per heavy atom. The number of benzene rings is 2. The van der Waals surface area contributed by atoms with Crippen LogP contribution in [0.25, 0.3) is 0 Å². The molecule has 2 aromatic rings. The summed E-state index contributed by atoms with van der Waals surface area (Å²) in [5.41, 5.74) is -1.16. The number of para-hydroxylation sites is 1. The minimum absolute atomic E-state index is 0.00555. The van der Waals surface area contributed by atoms with E-state index in [1.165, 1.54) is 24.3 Å². The summed E-state index contributed by atoms with van der Waals surface area (Å²) in [7, 11) is -4.35. The Kier molecular flexibility index (Phi) is 6.45. The van der Waals surface area contributed by atoms with Crippen LogP contribution < -0.4 is 10.0 Å². The molecule has 27 heavy (non-hydrogen) atoms. The number of halogens is 3. The molecule has 0 radical (unpaired) electrons. The van der Waals surface area contributed by atoms with Gasteiger partial charge in [0.05, 0.1) is 21.7 Å². The molecule has 0 fully saturated rings. The zero-order chi connectivity index (χ0) is 20.1. The van der Waals surface area contributed by atoms with Gasteiger partial charge in [-0.2, -0.15) is 13.2 Å². The fourth-order valence-corrected chi connectivity index (χ4v) is 3.31. The second-order valence-corrected chi connectivity index (χ2v) is 7.19. The summed E-state index contributed by atoms with van der Waals surface area (Å²) in [6.07, 6.45) is -4.36. The third kappa shape index (κ3) is 5.44. The van der Waals surface area contributed by atoms with E-state index in [1.807, 2.05) is 0 Å². The van der Waals surface area contributed by atoms with Gasteiger partial charge in [-0.25, -0.2) is 8.42 Å². The first-order valence-electron chi connectivity index (χ1n) is 7.83. The molecule has 3 N–H and O–H groups in total. The molecular formula is C17H17F3N2O4S. The molecule has 2 rings (SSSR count). The maximum Gasteiger partial charge on any atom is 0.416 e. The van der Waals surface area contributed by atoms with Crippen LogP contribution in [0.1, 0.15) is 22.3 Å². The number of carbonyl (C=O) groups is 1. The second kappa shape index (κ2) is 8.40. The van der Waals surface area contributed by atoms with E-state index in [1.54, 1.807) is 0 Å². The molecule has 0 atom stereocenters. The van der Waals surface area contributed by atoms with E-state index in [-0.39, 0.29) is 24.4 Å². The lowest BCUT2D eigenvalue weighted by Gasteiger charge is -2.14. The van der Waals surface area contributed by atoms with Crippen LogP contribution >= 0.6 is 0 Å². The van der Waals surface area contributed by atoms with Crippen molar-refractivity contribution in [3.8, 4) is 0 Å². The Labute approximate surface area is 154 Å². The molecule has 0 saturated heterocycles. The zero-order valence-corrected chi connectivity index (χ0v) is 14.8. The molecule has 0 saturated carbocycles. The summed E-state index contributed by atoms with van der Waals surface area (Å²) >= 11 is 0. The van der Waals surface area contributed by atoms with Crippen molar-refractivity contribution in [3.05, 3.63) is 59.7 Å². The first-order valence-corrected chi connectivity index (χ1v) is 9.31. The molecular weight excluding hydrogens is 385 g/mol. The van der Waals surface area contributed by atoms with Gasteiger partial charge >= 0.3 is 6.18 Å². The molecule has 0 aromatic heterocycles. The lowest BCUT2D eigenvalue weighted by atomic mass is 10.1. The largest absolute Gasteiger partial charge is 0.416 e. The predicted octanol–water partition coefficient (Wildman–Crippen LogP) is 2.62. The van der Waals surface area contributed by atoms with Gasteiger partial charge in [-0.1, -0.05) is 18.2 Å². The summed E-state index contributed by atoms with van der Waals surface area (Å²) in [4.78, 5) is 11.6. The van der Waals surface area contributed by atoms with Crippen LogP contribution in [0, 0.1) is 0 Å². The highest BCUT2D eigenvalue weighted by Gasteiger charge is 2.31. The highest BCUT2D eigenvalue weighted by atomic mass is 32.2. The van der Waals surface area contributed by atoms with Crippen LogP contribution in [-0.2, 0) is 16.2 Å². The van der Waals surface area contributed by atoms with Gasteiger partial charge < -0.3 is 10.4 Å². The Hall–Kier alpha value is -2.59. The summed E-state index contributed by atoms with van der Waals surface area (Å²) < 4.78 is 65.5. The van der Waals surface area contributed by atoms with E-state index in [2.05, 4.69) is 10.0 Å². The van der Waals surface area contributed by atoms with E-state index < -0.39 is 32.6 Å². The maximum atomic E-state index is 12.8. The van der Waals surface area contributed by atoms with Crippen molar-refractivity contribution < 1.29 is 31.5 Å². The molecule has 0 spiro atoms. The van der Waals surface area contributed by atoms with E-state index >= 15 is 0 Å². The Morgan fingerprint density at radius 3 is 2.44 bits per heavy atom. The van der Waals surface area contributed by atoms with Gasteiger partial charge in [-0.05, 0) is 36.8 Å². The highest BCUT2D eigenvalue weighted by molar-refractivity contribution is 7.92. The van der Waals surface area contributed by atoms with Crippen LogP contribution in [0.5, 0.6) is 0 Å². The average Bonchev–Trinajstić information content (AvgIpc) is 2.61. The summed E-state index contributed by atoms with van der Waals surface area (Å²) in [6, 6.07) is 9.00. The molecule has 146 valence electrons. The minimum Gasteiger partial charge on any atom is -0.396 e. The number of carbonyl (C=O) groups excluding carboxylic acids is 1. The number of sulfonamides is 1. The number of hydrogen-bond acceptors (Lipinski definition) is 4. The molecule has 6 nitrogen and oxygen atoms in total. The van der Waals surface area contributed by atoms with Crippen LogP contribution in [0.4, 0.5) is 18.9 Å².